The molecule has 32 heavy (non-hydrogen) atoms. The molecule has 1 amide bonds. The number of ether oxygens (including phenoxy) is 2. The van der Waals surface area contributed by atoms with Gasteiger partial charge in [0.1, 0.15) is 18.0 Å². The highest BCUT2D eigenvalue weighted by atomic mass is 79.9. The largest absolute Gasteiger partial charge is 0.507 e. The zero-order chi connectivity index (χ0) is 24.3. The maximum absolute atomic E-state index is 12.3. The van der Waals surface area contributed by atoms with Crippen molar-refractivity contribution in [1.29, 1.82) is 0 Å². The van der Waals surface area contributed by atoms with E-state index < -0.39 is 11.9 Å². The SMILES string of the molecule is CC(C)C.CCOC(=O)CNC(=O)c1cc(Oc2c(Br)cc(CPC)cc2Br)ccc1O. The Morgan fingerprint density at radius 2 is 1.72 bits per heavy atom. The van der Waals surface area contributed by atoms with Crippen molar-refractivity contribution in [3.8, 4) is 17.2 Å². The summed E-state index contributed by atoms with van der Waals surface area (Å²) in [4.78, 5) is 23.7. The summed E-state index contributed by atoms with van der Waals surface area (Å²) in [5, 5.41) is 12.4. The van der Waals surface area contributed by atoms with E-state index in [9.17, 15) is 14.7 Å². The van der Waals surface area contributed by atoms with Crippen molar-refractivity contribution in [2.45, 2.75) is 33.9 Å². The molecular weight excluding hydrogens is 561 g/mol. The summed E-state index contributed by atoms with van der Waals surface area (Å²) in [5.74, 6) is 0.389. The Hall–Kier alpha value is -1.63. The Morgan fingerprint density at radius 1 is 1.12 bits per heavy atom. The first-order valence-corrected chi connectivity index (χ1v) is 13.5. The van der Waals surface area contributed by atoms with Gasteiger partial charge in [-0.25, -0.2) is 0 Å². The van der Waals surface area contributed by atoms with Gasteiger partial charge in [0.2, 0.25) is 0 Å². The van der Waals surface area contributed by atoms with Crippen LogP contribution in [0, 0.1) is 5.92 Å². The third-order valence-electron chi connectivity index (χ3n) is 3.57. The van der Waals surface area contributed by atoms with Crippen LogP contribution >= 0.6 is 40.4 Å². The van der Waals surface area contributed by atoms with Crippen molar-refractivity contribution >= 4 is 52.3 Å². The average Bonchev–Trinajstić information content (AvgIpc) is 2.70. The quantitative estimate of drug-likeness (QED) is 0.272. The van der Waals surface area contributed by atoms with Crippen LogP contribution in [0.2, 0.25) is 0 Å². The molecule has 1 unspecified atom stereocenters. The summed E-state index contributed by atoms with van der Waals surface area (Å²) in [6.45, 7) is 10.3. The van der Waals surface area contributed by atoms with Gasteiger partial charge >= 0.3 is 5.97 Å². The number of esters is 1. The van der Waals surface area contributed by atoms with Crippen molar-refractivity contribution in [2.24, 2.45) is 5.92 Å². The second-order valence-corrected chi connectivity index (χ2v) is 10.2. The lowest BCUT2D eigenvalue weighted by Gasteiger charge is -2.13. The summed E-state index contributed by atoms with van der Waals surface area (Å²) < 4.78 is 12.2. The highest BCUT2D eigenvalue weighted by Crippen LogP contribution is 2.39. The predicted octanol–water partition coefficient (Wildman–Crippen LogP) is 6.47. The molecule has 0 saturated carbocycles. The number of hydrogen-bond acceptors (Lipinski definition) is 5. The van der Waals surface area contributed by atoms with Gasteiger partial charge in [-0.1, -0.05) is 20.8 Å². The van der Waals surface area contributed by atoms with Gasteiger partial charge in [0, 0.05) is 0 Å². The zero-order valence-electron chi connectivity index (χ0n) is 18.9. The van der Waals surface area contributed by atoms with Crippen molar-refractivity contribution in [3.63, 3.8) is 0 Å². The minimum atomic E-state index is -0.603. The number of amides is 1. The highest BCUT2D eigenvalue weighted by molar-refractivity contribution is 9.11. The maximum Gasteiger partial charge on any atom is 0.325 e. The Kier molecular flexibility index (Phi) is 12.9. The van der Waals surface area contributed by atoms with E-state index in [1.54, 1.807) is 13.0 Å². The van der Waals surface area contributed by atoms with E-state index in [4.69, 9.17) is 9.47 Å². The molecule has 9 heteroatoms. The fourth-order valence-corrected chi connectivity index (χ4v) is 4.41. The van der Waals surface area contributed by atoms with E-state index in [1.165, 1.54) is 17.7 Å². The number of carbonyl (C=O) groups excluding carboxylic acids is 2. The fraction of sp³-hybridized carbons (Fsp3) is 0.391. The monoisotopic (exact) mass is 589 g/mol. The van der Waals surface area contributed by atoms with Gasteiger partial charge in [0.05, 0.1) is 21.1 Å². The predicted molar refractivity (Wildman–Crippen MR) is 137 cm³/mol. The lowest BCUT2D eigenvalue weighted by molar-refractivity contribution is -0.141. The number of halogens is 2. The van der Waals surface area contributed by atoms with Crippen LogP contribution in [0.5, 0.6) is 17.2 Å². The van der Waals surface area contributed by atoms with Crippen molar-refractivity contribution < 1.29 is 24.2 Å². The van der Waals surface area contributed by atoms with Crippen molar-refractivity contribution in [2.75, 3.05) is 19.8 Å². The van der Waals surface area contributed by atoms with Crippen LogP contribution in [0.25, 0.3) is 0 Å². The molecular formula is C23H30Br2NO5P. The molecule has 0 radical (unpaired) electrons. The van der Waals surface area contributed by atoms with Crippen LogP contribution < -0.4 is 10.1 Å². The van der Waals surface area contributed by atoms with Crippen LogP contribution in [0.15, 0.2) is 39.3 Å². The molecule has 0 bridgehead atoms. The summed E-state index contributed by atoms with van der Waals surface area (Å²) in [6.07, 6.45) is 0.974. The second-order valence-electron chi connectivity index (χ2n) is 7.42. The van der Waals surface area contributed by atoms with Gasteiger partial charge in [-0.3, -0.25) is 9.59 Å². The highest BCUT2D eigenvalue weighted by Gasteiger charge is 2.16. The number of rotatable bonds is 8. The topological polar surface area (TPSA) is 84.9 Å². The zero-order valence-corrected chi connectivity index (χ0v) is 23.1. The van der Waals surface area contributed by atoms with Gasteiger partial charge in [0.15, 0.2) is 5.75 Å². The van der Waals surface area contributed by atoms with Crippen LogP contribution in [0.3, 0.4) is 0 Å². The molecule has 2 aromatic rings. The first-order valence-electron chi connectivity index (χ1n) is 10.2. The smallest absolute Gasteiger partial charge is 0.325 e. The third kappa shape index (κ3) is 9.88. The van der Waals surface area contributed by atoms with Gasteiger partial charge in [-0.15, -0.1) is 8.58 Å². The number of phenols is 1. The van der Waals surface area contributed by atoms with Crippen LogP contribution in [0.4, 0.5) is 0 Å². The molecule has 2 N–H and O–H groups in total. The summed E-state index contributed by atoms with van der Waals surface area (Å²) in [7, 11) is 0.802. The lowest BCUT2D eigenvalue weighted by atomic mass is 10.1. The van der Waals surface area contributed by atoms with Crippen LogP contribution in [0.1, 0.15) is 43.6 Å². The van der Waals surface area contributed by atoms with Gasteiger partial charge < -0.3 is 19.9 Å². The van der Waals surface area contributed by atoms with Gasteiger partial charge in [-0.05, 0) is 93.4 Å². The minimum Gasteiger partial charge on any atom is -0.507 e. The molecule has 2 aromatic carbocycles. The van der Waals surface area contributed by atoms with Crippen LogP contribution in [-0.4, -0.2) is 36.8 Å². The molecule has 0 saturated heterocycles. The maximum atomic E-state index is 12.3. The number of hydrogen-bond donors (Lipinski definition) is 2. The average molecular weight is 591 g/mol. The van der Waals surface area contributed by atoms with E-state index in [0.29, 0.717) is 11.5 Å². The fourth-order valence-electron chi connectivity index (χ4n) is 2.35. The summed E-state index contributed by atoms with van der Waals surface area (Å²) in [6, 6.07) is 8.31. The molecule has 1 atom stereocenters. The Balaban J connectivity index is 0.00000118. The van der Waals surface area contributed by atoms with Crippen molar-refractivity contribution in [3.05, 3.63) is 50.4 Å². The molecule has 176 valence electrons. The molecule has 6 nitrogen and oxygen atoms in total. The summed E-state index contributed by atoms with van der Waals surface area (Å²) >= 11 is 7.02. The number of carbonyl (C=O) groups is 2. The number of nitrogens with one attached hydrogen (secondary N) is 1. The lowest BCUT2D eigenvalue weighted by Crippen LogP contribution is -2.30. The van der Waals surface area contributed by atoms with Gasteiger partial charge in [0.25, 0.3) is 5.91 Å². The Morgan fingerprint density at radius 3 is 2.25 bits per heavy atom. The Labute approximate surface area is 208 Å². The third-order valence-corrected chi connectivity index (χ3v) is 5.51. The van der Waals surface area contributed by atoms with E-state index >= 15 is 0 Å². The molecule has 0 aliphatic heterocycles. The van der Waals surface area contributed by atoms with Gasteiger partial charge in [-0.2, -0.15) is 0 Å². The number of phenolic OH excluding ortho intramolecular Hbond substituents is 1. The molecule has 2 rings (SSSR count). The molecule has 0 aliphatic rings. The number of aromatic hydroxyl groups is 1. The van der Waals surface area contributed by atoms with E-state index in [-0.39, 0.29) is 24.5 Å². The summed E-state index contributed by atoms with van der Waals surface area (Å²) in [5.41, 5.74) is 1.18. The molecule has 0 aliphatic carbocycles. The Bertz CT molecular complexity index is 895. The number of benzene rings is 2. The first-order chi connectivity index (χ1) is 15.1. The molecule has 0 fully saturated rings. The molecule has 0 aromatic heterocycles. The normalized spacial score (nSPS) is 10.6. The second kappa shape index (κ2) is 14.5. The first kappa shape index (κ1) is 28.4. The standard InChI is InChI=1S/C19H20Br2NO5P.C4H10/c1-3-26-17(24)9-22-19(25)13-8-12(4-5-16(13)23)27-18-14(20)6-11(10-28-2)7-15(18)21;1-4(2)3/h4-8,23,28H,3,9-10H2,1-2H3,(H,22,25);4H,1-3H3. The van der Waals surface area contributed by atoms with Crippen molar-refractivity contribution in [1.82, 2.24) is 5.32 Å². The molecule has 0 spiro atoms. The van der Waals surface area contributed by atoms with E-state index in [2.05, 4.69) is 64.6 Å². The minimum absolute atomic E-state index is 0.00199. The van der Waals surface area contributed by atoms with E-state index in [0.717, 1.165) is 29.6 Å². The van der Waals surface area contributed by atoms with Crippen LogP contribution in [-0.2, 0) is 15.7 Å². The molecule has 0 heterocycles. The van der Waals surface area contributed by atoms with E-state index in [1.807, 2.05) is 12.1 Å².